The van der Waals surface area contributed by atoms with Crippen LogP contribution in [0.1, 0.15) is 63.3 Å². The van der Waals surface area contributed by atoms with Gasteiger partial charge in [0.25, 0.3) is 0 Å². The Morgan fingerprint density at radius 2 is 1.54 bits per heavy atom. The Morgan fingerprint density at radius 3 is 2.04 bits per heavy atom. The third-order valence-electron chi connectivity index (χ3n) is 4.40. The van der Waals surface area contributed by atoms with Gasteiger partial charge >= 0.3 is 176 Å². The monoisotopic (exact) mass is 458 g/mol. The van der Waals surface area contributed by atoms with Gasteiger partial charge in [0.05, 0.1) is 0 Å². The number of esters is 2. The van der Waals surface area contributed by atoms with Gasteiger partial charge < -0.3 is 0 Å². The van der Waals surface area contributed by atoms with Crippen molar-refractivity contribution >= 4 is 26.9 Å². The van der Waals surface area contributed by atoms with E-state index in [0.717, 1.165) is 16.6 Å². The number of rotatable bonds is 14. The van der Waals surface area contributed by atoms with Crippen LogP contribution in [0.2, 0.25) is 5.32 Å². The molecule has 0 aliphatic carbocycles. The van der Waals surface area contributed by atoms with E-state index < -0.39 is 17.9 Å². The van der Waals surface area contributed by atoms with Crippen LogP contribution in [0.4, 0.5) is 0 Å². The second-order valence-corrected chi connectivity index (χ2v) is 9.24. The van der Waals surface area contributed by atoms with Gasteiger partial charge in [-0.3, -0.25) is 0 Å². The summed E-state index contributed by atoms with van der Waals surface area (Å²) < 4.78 is 15.6. The second-order valence-electron chi connectivity index (χ2n) is 6.49. The molecule has 158 valence electrons. The molecule has 1 aromatic carbocycles. The molecule has 0 aromatic heterocycles. The second kappa shape index (κ2) is 14.5. The fourth-order valence-electron chi connectivity index (χ4n) is 2.86. The van der Waals surface area contributed by atoms with Gasteiger partial charge in [-0.2, -0.15) is 0 Å². The van der Waals surface area contributed by atoms with E-state index in [-0.39, 0.29) is 33.0 Å². The summed E-state index contributed by atoms with van der Waals surface area (Å²) in [5, 5.41) is 1.13. The van der Waals surface area contributed by atoms with Gasteiger partial charge in [0, 0.05) is 0 Å². The molecular weight excluding hydrogens is 423 g/mol. The van der Waals surface area contributed by atoms with E-state index in [1.807, 2.05) is 24.3 Å². The molecule has 1 rings (SSSR count). The first-order chi connectivity index (χ1) is 13.6. The van der Waals surface area contributed by atoms with E-state index in [2.05, 4.69) is 6.92 Å². The van der Waals surface area contributed by atoms with E-state index in [1.54, 1.807) is 21.0 Å². The zero-order chi connectivity index (χ0) is 20.8. The quantitative estimate of drug-likeness (QED) is 0.177. The molecule has 0 heterocycles. The number of hydrogen-bond donors (Lipinski definition) is 0. The minimum atomic E-state index is -0.871. The van der Waals surface area contributed by atoms with E-state index in [1.165, 1.54) is 25.7 Å². The van der Waals surface area contributed by atoms with Crippen molar-refractivity contribution < 1.29 is 23.8 Å². The van der Waals surface area contributed by atoms with E-state index in [0.29, 0.717) is 6.42 Å². The summed E-state index contributed by atoms with van der Waals surface area (Å²) in [7, 11) is 1.64. The van der Waals surface area contributed by atoms with Gasteiger partial charge in [-0.25, -0.2) is 0 Å². The third kappa shape index (κ3) is 8.66. The molecule has 5 nitrogen and oxygen atoms in total. The average Bonchev–Trinajstić information content (AvgIpc) is 2.70. The van der Waals surface area contributed by atoms with Crippen molar-refractivity contribution in [3.63, 3.8) is 0 Å². The maximum absolute atomic E-state index is 12.4. The summed E-state index contributed by atoms with van der Waals surface area (Å²) in [6.07, 6.45) is 5.30. The molecule has 1 unspecified atom stereocenters. The fourth-order valence-corrected chi connectivity index (χ4v) is 5.66. The van der Waals surface area contributed by atoms with Crippen LogP contribution in [0, 0.1) is 5.92 Å². The predicted molar refractivity (Wildman–Crippen MR) is 112 cm³/mol. The van der Waals surface area contributed by atoms with Gasteiger partial charge in [-0.15, -0.1) is 0 Å². The zero-order valence-electron chi connectivity index (χ0n) is 17.6. The molecule has 0 amide bonds. The average molecular weight is 457 g/mol. The summed E-state index contributed by atoms with van der Waals surface area (Å²) >= 11 is 0.277. The van der Waals surface area contributed by atoms with Crippen LogP contribution in [0.5, 0.6) is 5.75 Å². The van der Waals surface area contributed by atoms with Crippen LogP contribution in [0.3, 0.4) is 0 Å². The summed E-state index contributed by atoms with van der Waals surface area (Å²) in [4.78, 5) is 25.0. The summed E-state index contributed by atoms with van der Waals surface area (Å²) in [5.41, 5.74) is 1.13. The van der Waals surface area contributed by atoms with Crippen LogP contribution < -0.4 is 4.74 Å². The minimum absolute atomic E-state index is 0.152. The van der Waals surface area contributed by atoms with Crippen LogP contribution in [0.25, 0.3) is 0 Å². The van der Waals surface area contributed by atoms with Crippen molar-refractivity contribution in [1.29, 1.82) is 0 Å². The standard InChI is InChI=1S/C22H34O5Se/c1-5-8-9-10-15-28-20(17-11-13-18(25-4)14-12-17)16-19(21(23)26-6-2)22(24)27-7-3/h11-14,19-20H,5-10,15-16H2,1-4H3. The van der Waals surface area contributed by atoms with Crippen LogP contribution in [-0.2, 0) is 19.1 Å². The summed E-state index contributed by atoms with van der Waals surface area (Å²) in [6, 6.07) is 7.92. The number of hydrogen-bond acceptors (Lipinski definition) is 5. The number of methoxy groups -OCH3 is 1. The molecule has 0 spiro atoms. The topological polar surface area (TPSA) is 61.8 Å². The Balaban J connectivity index is 2.94. The Morgan fingerprint density at radius 1 is 0.929 bits per heavy atom. The van der Waals surface area contributed by atoms with Gasteiger partial charge in [0.2, 0.25) is 0 Å². The zero-order valence-corrected chi connectivity index (χ0v) is 19.3. The van der Waals surface area contributed by atoms with Gasteiger partial charge in [0.1, 0.15) is 0 Å². The Hall–Kier alpha value is -1.52. The van der Waals surface area contributed by atoms with Crippen molar-refractivity contribution in [2.45, 2.75) is 63.0 Å². The molecule has 0 radical (unpaired) electrons. The number of carbonyl (C=O) groups excluding carboxylic acids is 2. The van der Waals surface area contributed by atoms with E-state index in [9.17, 15) is 9.59 Å². The first-order valence-corrected chi connectivity index (χ1v) is 12.4. The van der Waals surface area contributed by atoms with E-state index >= 15 is 0 Å². The molecule has 6 heteroatoms. The summed E-state index contributed by atoms with van der Waals surface area (Å²) in [6.45, 7) is 6.21. The Labute approximate surface area is 175 Å². The Bertz CT molecular complexity index is 555. The number of carbonyl (C=O) groups is 2. The van der Waals surface area contributed by atoms with E-state index in [4.69, 9.17) is 14.2 Å². The van der Waals surface area contributed by atoms with Crippen LogP contribution in [-0.4, -0.2) is 47.2 Å². The third-order valence-corrected chi connectivity index (χ3v) is 7.32. The molecule has 1 atom stereocenters. The molecule has 0 aliphatic heterocycles. The summed E-state index contributed by atoms with van der Waals surface area (Å²) in [5.74, 6) is -1.04. The van der Waals surface area contributed by atoms with Crippen molar-refractivity contribution in [2.24, 2.45) is 5.92 Å². The normalized spacial score (nSPS) is 11.9. The molecule has 28 heavy (non-hydrogen) atoms. The molecular formula is C22H34O5Se. The molecule has 0 N–H and O–H groups in total. The van der Waals surface area contributed by atoms with Gasteiger partial charge in [0.15, 0.2) is 0 Å². The van der Waals surface area contributed by atoms with Crippen molar-refractivity contribution in [2.75, 3.05) is 20.3 Å². The van der Waals surface area contributed by atoms with Crippen molar-refractivity contribution in [3.05, 3.63) is 29.8 Å². The number of unbranched alkanes of at least 4 members (excludes halogenated alkanes) is 3. The Kier molecular flexibility index (Phi) is 12.7. The number of benzene rings is 1. The SMILES string of the molecule is CCCCCC[Se]C(CC(C(=O)OCC)C(=O)OCC)c1ccc(OC)cc1. The van der Waals surface area contributed by atoms with Crippen molar-refractivity contribution in [1.82, 2.24) is 0 Å². The van der Waals surface area contributed by atoms with Gasteiger partial charge in [-0.05, 0) is 0 Å². The van der Waals surface area contributed by atoms with Gasteiger partial charge in [-0.1, -0.05) is 0 Å². The first-order valence-electron chi connectivity index (χ1n) is 10.2. The first kappa shape index (κ1) is 24.5. The molecule has 0 bridgehead atoms. The van der Waals surface area contributed by atoms with Crippen molar-refractivity contribution in [3.8, 4) is 5.75 Å². The van der Waals surface area contributed by atoms with Crippen LogP contribution >= 0.6 is 0 Å². The predicted octanol–water partition coefficient (Wildman–Crippen LogP) is 4.57. The molecule has 0 fully saturated rings. The molecule has 0 aliphatic rings. The molecule has 1 aromatic rings. The maximum atomic E-state index is 12.4. The fraction of sp³-hybridized carbons (Fsp3) is 0.636. The van der Waals surface area contributed by atoms with Crippen LogP contribution in [0.15, 0.2) is 24.3 Å². The molecule has 0 saturated heterocycles. The number of ether oxygens (including phenoxy) is 3. The molecule has 0 saturated carbocycles.